The van der Waals surface area contributed by atoms with Crippen molar-refractivity contribution in [1.29, 1.82) is 0 Å². The first-order valence-electron chi connectivity index (χ1n) is 6.76. The van der Waals surface area contributed by atoms with Crippen LogP contribution in [0, 0.1) is 13.8 Å². The number of rotatable bonds is 8. The molecular weight excluding hydrogens is 258 g/mol. The van der Waals surface area contributed by atoms with Gasteiger partial charge in [0.15, 0.2) is 0 Å². The van der Waals surface area contributed by atoms with Crippen LogP contribution in [0.1, 0.15) is 24.5 Å². The van der Waals surface area contributed by atoms with Gasteiger partial charge in [0, 0.05) is 23.8 Å². The summed E-state index contributed by atoms with van der Waals surface area (Å²) in [7, 11) is 0.701. The first-order chi connectivity index (χ1) is 9.08. The molecule has 3 nitrogen and oxygen atoms in total. The van der Waals surface area contributed by atoms with Crippen LogP contribution >= 0.6 is 0 Å². The molecule has 0 heterocycles. The van der Waals surface area contributed by atoms with Crippen LogP contribution in [0.3, 0.4) is 0 Å². The van der Waals surface area contributed by atoms with E-state index >= 15 is 0 Å². The van der Waals surface area contributed by atoms with Crippen molar-refractivity contribution in [3.8, 4) is 0 Å². The Morgan fingerprint density at radius 3 is 2.63 bits per heavy atom. The van der Waals surface area contributed by atoms with E-state index in [0.717, 1.165) is 17.9 Å². The van der Waals surface area contributed by atoms with Crippen molar-refractivity contribution in [2.24, 2.45) is 0 Å². The number of aryl methyl sites for hydroxylation is 2. The summed E-state index contributed by atoms with van der Waals surface area (Å²) in [6.45, 7) is 7.77. The fourth-order valence-corrected chi connectivity index (χ4v) is 3.15. The van der Waals surface area contributed by atoms with Crippen LogP contribution in [-0.2, 0) is 15.5 Å². The van der Waals surface area contributed by atoms with E-state index < -0.39 is 10.8 Å². The number of ether oxygens (including phenoxy) is 1. The summed E-state index contributed by atoms with van der Waals surface area (Å²) >= 11 is 0. The maximum absolute atomic E-state index is 12.4. The molecule has 1 aromatic rings. The minimum Gasteiger partial charge on any atom is -0.383 e. The number of nitrogens with one attached hydrogen (secondary N) is 1. The summed E-state index contributed by atoms with van der Waals surface area (Å²) in [6, 6.07) is 6.16. The van der Waals surface area contributed by atoms with Crippen molar-refractivity contribution in [2.45, 2.75) is 38.1 Å². The second-order valence-electron chi connectivity index (χ2n) is 4.86. The standard InChI is InChI=1S/C15H25NO2S/c1-5-8-16-14(10-18-4)11-19(17)15-7-6-12(2)13(3)9-15/h6-7,9,14,16H,5,8,10-11H2,1-4H3. The largest absolute Gasteiger partial charge is 0.383 e. The van der Waals surface area contributed by atoms with Crippen LogP contribution in [0.25, 0.3) is 0 Å². The van der Waals surface area contributed by atoms with Gasteiger partial charge in [0.05, 0.1) is 17.4 Å². The fraction of sp³-hybridized carbons (Fsp3) is 0.600. The van der Waals surface area contributed by atoms with Gasteiger partial charge in [-0.05, 0) is 50.1 Å². The lowest BCUT2D eigenvalue weighted by atomic mass is 10.1. The second-order valence-corrected chi connectivity index (χ2v) is 6.36. The van der Waals surface area contributed by atoms with Gasteiger partial charge in [0.2, 0.25) is 0 Å². The van der Waals surface area contributed by atoms with E-state index in [-0.39, 0.29) is 6.04 Å². The molecule has 0 aliphatic carbocycles. The summed E-state index contributed by atoms with van der Waals surface area (Å²) in [5.41, 5.74) is 2.42. The van der Waals surface area contributed by atoms with Crippen molar-refractivity contribution >= 4 is 10.8 Å². The Kier molecular flexibility index (Phi) is 7.28. The molecule has 0 saturated carbocycles. The number of methoxy groups -OCH3 is 1. The highest BCUT2D eigenvalue weighted by Crippen LogP contribution is 2.14. The molecule has 0 spiro atoms. The molecule has 4 heteroatoms. The van der Waals surface area contributed by atoms with Crippen molar-refractivity contribution in [3.63, 3.8) is 0 Å². The van der Waals surface area contributed by atoms with Crippen LogP contribution in [0.15, 0.2) is 23.1 Å². The highest BCUT2D eigenvalue weighted by atomic mass is 32.2. The van der Waals surface area contributed by atoms with Crippen molar-refractivity contribution in [1.82, 2.24) is 5.32 Å². The highest BCUT2D eigenvalue weighted by molar-refractivity contribution is 7.85. The Balaban J connectivity index is 2.66. The Morgan fingerprint density at radius 1 is 1.32 bits per heavy atom. The topological polar surface area (TPSA) is 38.3 Å². The quantitative estimate of drug-likeness (QED) is 0.796. The van der Waals surface area contributed by atoms with E-state index in [9.17, 15) is 4.21 Å². The van der Waals surface area contributed by atoms with Gasteiger partial charge in [-0.2, -0.15) is 0 Å². The molecule has 0 aromatic heterocycles. The predicted molar refractivity (Wildman–Crippen MR) is 81.1 cm³/mol. The molecule has 1 rings (SSSR count). The Morgan fingerprint density at radius 2 is 2.05 bits per heavy atom. The normalized spacial score (nSPS) is 14.3. The molecule has 1 N–H and O–H groups in total. The highest BCUT2D eigenvalue weighted by Gasteiger charge is 2.13. The first-order valence-corrected chi connectivity index (χ1v) is 8.08. The third-order valence-electron chi connectivity index (χ3n) is 3.14. The molecule has 0 aliphatic heterocycles. The zero-order chi connectivity index (χ0) is 14.3. The Hall–Kier alpha value is -0.710. The van der Waals surface area contributed by atoms with Crippen LogP contribution in [0.5, 0.6) is 0 Å². The van der Waals surface area contributed by atoms with Crippen molar-refractivity contribution < 1.29 is 8.95 Å². The monoisotopic (exact) mass is 283 g/mol. The molecule has 0 aliphatic rings. The number of benzene rings is 1. The van der Waals surface area contributed by atoms with Crippen molar-refractivity contribution in [2.75, 3.05) is 26.0 Å². The molecule has 19 heavy (non-hydrogen) atoms. The van der Waals surface area contributed by atoms with E-state index in [0.29, 0.717) is 12.4 Å². The molecule has 0 saturated heterocycles. The lowest BCUT2D eigenvalue weighted by Gasteiger charge is -2.17. The van der Waals surface area contributed by atoms with E-state index in [1.54, 1.807) is 7.11 Å². The fourth-order valence-electron chi connectivity index (χ4n) is 1.85. The first kappa shape index (κ1) is 16.3. The minimum atomic E-state index is -0.979. The van der Waals surface area contributed by atoms with Gasteiger partial charge in [0.1, 0.15) is 0 Å². The van der Waals surface area contributed by atoms with Crippen molar-refractivity contribution in [3.05, 3.63) is 29.3 Å². The Labute approximate surface area is 119 Å². The summed E-state index contributed by atoms with van der Waals surface area (Å²) in [5.74, 6) is 0.594. The number of hydrogen-bond donors (Lipinski definition) is 1. The summed E-state index contributed by atoms with van der Waals surface area (Å²) < 4.78 is 17.6. The number of hydrogen-bond acceptors (Lipinski definition) is 3. The average molecular weight is 283 g/mol. The average Bonchev–Trinajstić information content (AvgIpc) is 2.39. The zero-order valence-corrected chi connectivity index (χ0v) is 13.2. The molecule has 108 valence electrons. The molecule has 0 bridgehead atoms. The smallest absolute Gasteiger partial charge is 0.0624 e. The molecule has 1 aromatic carbocycles. The van der Waals surface area contributed by atoms with Gasteiger partial charge in [-0.25, -0.2) is 0 Å². The van der Waals surface area contributed by atoms with E-state index in [1.165, 1.54) is 11.1 Å². The van der Waals surface area contributed by atoms with E-state index in [1.807, 2.05) is 18.2 Å². The van der Waals surface area contributed by atoms with Gasteiger partial charge in [-0.15, -0.1) is 0 Å². The van der Waals surface area contributed by atoms with Gasteiger partial charge in [0.25, 0.3) is 0 Å². The van der Waals surface area contributed by atoms with Crippen LogP contribution < -0.4 is 5.32 Å². The van der Waals surface area contributed by atoms with Gasteiger partial charge in [-0.1, -0.05) is 13.0 Å². The molecule has 0 radical (unpaired) electrons. The molecule has 2 atom stereocenters. The third-order valence-corrected chi connectivity index (χ3v) is 4.63. The summed E-state index contributed by atoms with van der Waals surface area (Å²) in [5, 5.41) is 3.38. The van der Waals surface area contributed by atoms with Gasteiger partial charge in [-0.3, -0.25) is 4.21 Å². The predicted octanol–water partition coefficient (Wildman–Crippen LogP) is 2.43. The SMILES string of the molecule is CCCNC(COC)CS(=O)c1ccc(C)c(C)c1. The van der Waals surface area contributed by atoms with Crippen LogP contribution in [0.4, 0.5) is 0 Å². The lowest BCUT2D eigenvalue weighted by Crippen LogP contribution is -2.38. The van der Waals surface area contributed by atoms with E-state index in [2.05, 4.69) is 26.1 Å². The maximum atomic E-state index is 12.4. The van der Waals surface area contributed by atoms with Crippen LogP contribution in [-0.4, -0.2) is 36.3 Å². The molecule has 2 unspecified atom stereocenters. The lowest BCUT2D eigenvalue weighted by molar-refractivity contribution is 0.173. The molecular formula is C15H25NO2S. The van der Waals surface area contributed by atoms with Gasteiger partial charge < -0.3 is 10.1 Å². The van der Waals surface area contributed by atoms with Crippen LogP contribution in [0.2, 0.25) is 0 Å². The van der Waals surface area contributed by atoms with E-state index in [4.69, 9.17) is 4.74 Å². The Bertz CT molecular complexity index is 421. The summed E-state index contributed by atoms with van der Waals surface area (Å²) in [4.78, 5) is 0.905. The maximum Gasteiger partial charge on any atom is 0.0624 e. The van der Waals surface area contributed by atoms with Gasteiger partial charge >= 0.3 is 0 Å². The zero-order valence-electron chi connectivity index (χ0n) is 12.4. The summed E-state index contributed by atoms with van der Waals surface area (Å²) in [6.07, 6.45) is 1.07. The second kappa shape index (κ2) is 8.46. The minimum absolute atomic E-state index is 0.146. The molecule has 0 amide bonds. The third kappa shape index (κ3) is 5.43. The molecule has 0 fully saturated rings.